The molecule has 0 aliphatic rings. The lowest BCUT2D eigenvalue weighted by Gasteiger charge is -2.21. The number of hydrogen-bond donors (Lipinski definition) is 1. The fourth-order valence-electron chi connectivity index (χ4n) is 2.15. The first kappa shape index (κ1) is 18.2. The number of thiophene rings is 1. The summed E-state index contributed by atoms with van der Waals surface area (Å²) in [7, 11) is 0. The smallest absolute Gasteiger partial charge is 0.254 e. The van der Waals surface area contributed by atoms with Crippen molar-refractivity contribution < 1.29 is 9.59 Å². The largest absolute Gasteiger partial charge is 0.334 e. The number of benzene rings is 1. The Morgan fingerprint density at radius 3 is 2.50 bits per heavy atom. The normalized spacial score (nSPS) is 11.2. The Morgan fingerprint density at radius 1 is 1.17 bits per heavy atom. The lowest BCUT2D eigenvalue weighted by molar-refractivity contribution is -0.123. The maximum atomic E-state index is 12.8. The monoisotopic (exact) mass is 344 g/mol. The lowest BCUT2D eigenvalue weighted by atomic mass is 9.95. The van der Waals surface area contributed by atoms with E-state index in [-0.39, 0.29) is 11.8 Å². The standard InChI is InChI=1S/C19H24N2O2S/c1-5-21(13-16-10-7-11-24-16)17(22)14-8-6-9-15(12-14)20-18(23)19(2,3)4/h6-12H,5,13H2,1-4H3,(H,20,23). The number of hydrogen-bond acceptors (Lipinski definition) is 3. The average Bonchev–Trinajstić information content (AvgIpc) is 3.04. The van der Waals surface area contributed by atoms with Crippen molar-refractivity contribution in [1.29, 1.82) is 0 Å². The maximum absolute atomic E-state index is 12.8. The van der Waals surface area contributed by atoms with Gasteiger partial charge < -0.3 is 10.2 Å². The molecule has 2 amide bonds. The predicted molar refractivity (Wildman–Crippen MR) is 99.3 cm³/mol. The van der Waals surface area contributed by atoms with Crippen molar-refractivity contribution in [2.24, 2.45) is 5.41 Å². The lowest BCUT2D eigenvalue weighted by Crippen LogP contribution is -2.30. The van der Waals surface area contributed by atoms with E-state index < -0.39 is 5.41 Å². The van der Waals surface area contributed by atoms with E-state index in [9.17, 15) is 9.59 Å². The Bertz CT molecular complexity index is 702. The van der Waals surface area contributed by atoms with Crippen LogP contribution in [-0.4, -0.2) is 23.3 Å². The van der Waals surface area contributed by atoms with Crippen molar-refractivity contribution >= 4 is 28.8 Å². The first-order chi connectivity index (χ1) is 11.3. The van der Waals surface area contributed by atoms with Gasteiger partial charge in [0.1, 0.15) is 0 Å². The highest BCUT2D eigenvalue weighted by Crippen LogP contribution is 2.20. The second-order valence-electron chi connectivity index (χ2n) is 6.68. The summed E-state index contributed by atoms with van der Waals surface area (Å²) in [5.74, 6) is -0.101. The number of nitrogens with zero attached hydrogens (tertiary/aromatic N) is 1. The van der Waals surface area contributed by atoms with Crippen LogP contribution in [0.25, 0.3) is 0 Å². The Morgan fingerprint density at radius 2 is 1.92 bits per heavy atom. The third-order valence-corrected chi connectivity index (χ3v) is 4.51. The molecule has 0 aliphatic carbocycles. The Hall–Kier alpha value is -2.14. The van der Waals surface area contributed by atoms with Gasteiger partial charge in [-0.05, 0) is 36.6 Å². The molecule has 24 heavy (non-hydrogen) atoms. The van der Waals surface area contributed by atoms with Crippen LogP contribution >= 0.6 is 11.3 Å². The van der Waals surface area contributed by atoms with Crippen molar-refractivity contribution in [3.63, 3.8) is 0 Å². The van der Waals surface area contributed by atoms with Crippen LogP contribution in [0.1, 0.15) is 42.9 Å². The molecule has 2 rings (SSSR count). The van der Waals surface area contributed by atoms with Crippen LogP contribution in [0.15, 0.2) is 41.8 Å². The average molecular weight is 344 g/mol. The molecule has 128 valence electrons. The van der Waals surface area contributed by atoms with Crippen LogP contribution < -0.4 is 5.32 Å². The molecule has 0 spiro atoms. The van der Waals surface area contributed by atoms with Crippen LogP contribution in [0, 0.1) is 5.41 Å². The summed E-state index contributed by atoms with van der Waals surface area (Å²) in [5, 5.41) is 4.88. The molecule has 0 fully saturated rings. The van der Waals surface area contributed by atoms with Crippen molar-refractivity contribution in [3.8, 4) is 0 Å². The molecule has 2 aromatic rings. The van der Waals surface area contributed by atoms with E-state index in [0.29, 0.717) is 24.3 Å². The van der Waals surface area contributed by atoms with Crippen molar-refractivity contribution in [3.05, 3.63) is 52.2 Å². The summed E-state index contributed by atoms with van der Waals surface area (Å²) >= 11 is 1.64. The first-order valence-corrected chi connectivity index (χ1v) is 8.92. The topological polar surface area (TPSA) is 49.4 Å². The molecular formula is C19H24N2O2S. The van der Waals surface area contributed by atoms with Crippen molar-refractivity contribution in [2.45, 2.75) is 34.2 Å². The van der Waals surface area contributed by atoms with Crippen LogP contribution in [0.3, 0.4) is 0 Å². The molecule has 1 aromatic carbocycles. The van der Waals surface area contributed by atoms with E-state index >= 15 is 0 Å². The van der Waals surface area contributed by atoms with Gasteiger partial charge in [-0.25, -0.2) is 0 Å². The van der Waals surface area contributed by atoms with Crippen LogP contribution in [0.2, 0.25) is 0 Å². The summed E-state index contributed by atoms with van der Waals surface area (Å²) in [4.78, 5) is 27.8. The van der Waals surface area contributed by atoms with Gasteiger partial charge in [-0.15, -0.1) is 11.3 Å². The summed E-state index contributed by atoms with van der Waals surface area (Å²) in [6.45, 7) is 8.78. The Labute approximate surface area is 147 Å². The minimum Gasteiger partial charge on any atom is -0.334 e. The highest BCUT2D eigenvalue weighted by atomic mass is 32.1. The minimum atomic E-state index is -0.478. The molecule has 0 saturated carbocycles. The number of nitrogens with one attached hydrogen (secondary N) is 1. The van der Waals surface area contributed by atoms with Gasteiger partial charge in [0.05, 0.1) is 6.54 Å². The van der Waals surface area contributed by atoms with E-state index in [0.717, 1.165) is 4.88 Å². The number of anilines is 1. The first-order valence-electron chi connectivity index (χ1n) is 8.04. The van der Waals surface area contributed by atoms with Crippen LogP contribution in [0.4, 0.5) is 5.69 Å². The van der Waals surface area contributed by atoms with E-state index in [1.165, 1.54) is 0 Å². The van der Waals surface area contributed by atoms with Gasteiger partial charge in [-0.2, -0.15) is 0 Å². The fourth-order valence-corrected chi connectivity index (χ4v) is 2.87. The van der Waals surface area contributed by atoms with Crippen LogP contribution in [-0.2, 0) is 11.3 Å². The zero-order valence-corrected chi connectivity index (χ0v) is 15.4. The molecule has 1 aromatic heterocycles. The molecular weight excluding hydrogens is 320 g/mol. The Kier molecular flexibility index (Phi) is 5.78. The third-order valence-electron chi connectivity index (χ3n) is 3.64. The molecule has 4 nitrogen and oxygen atoms in total. The van der Waals surface area contributed by atoms with Gasteiger partial charge in [0.2, 0.25) is 5.91 Å². The maximum Gasteiger partial charge on any atom is 0.254 e. The summed E-state index contributed by atoms with van der Waals surface area (Å²) in [6, 6.07) is 11.1. The zero-order valence-electron chi connectivity index (χ0n) is 14.6. The molecule has 0 bridgehead atoms. The number of carbonyl (C=O) groups is 2. The summed E-state index contributed by atoms with van der Waals surface area (Å²) < 4.78 is 0. The quantitative estimate of drug-likeness (QED) is 0.874. The van der Waals surface area contributed by atoms with Gasteiger partial charge in [0.15, 0.2) is 0 Å². The highest BCUT2D eigenvalue weighted by Gasteiger charge is 2.22. The van der Waals surface area contributed by atoms with Gasteiger partial charge >= 0.3 is 0 Å². The van der Waals surface area contributed by atoms with Crippen LogP contribution in [0.5, 0.6) is 0 Å². The zero-order chi connectivity index (χ0) is 17.7. The van der Waals surface area contributed by atoms with Gasteiger partial charge in [-0.1, -0.05) is 32.9 Å². The Balaban J connectivity index is 2.14. The van der Waals surface area contributed by atoms with E-state index in [1.54, 1.807) is 40.5 Å². The SMILES string of the molecule is CCN(Cc1cccs1)C(=O)c1cccc(NC(=O)C(C)(C)C)c1. The van der Waals surface area contributed by atoms with Gasteiger partial charge in [0.25, 0.3) is 5.91 Å². The van der Waals surface area contributed by atoms with Crippen molar-refractivity contribution in [1.82, 2.24) is 4.90 Å². The van der Waals surface area contributed by atoms with E-state index in [1.807, 2.05) is 45.2 Å². The summed E-state index contributed by atoms with van der Waals surface area (Å²) in [5.41, 5.74) is 0.752. The fraction of sp³-hybridized carbons (Fsp3) is 0.368. The van der Waals surface area contributed by atoms with Gasteiger partial charge in [0, 0.05) is 28.1 Å². The molecule has 0 radical (unpaired) electrons. The predicted octanol–water partition coefficient (Wildman–Crippen LogP) is 4.40. The molecule has 5 heteroatoms. The number of carbonyl (C=O) groups excluding carboxylic acids is 2. The minimum absolute atomic E-state index is 0.0299. The molecule has 1 heterocycles. The molecule has 0 saturated heterocycles. The number of rotatable bonds is 5. The summed E-state index contributed by atoms with van der Waals surface area (Å²) in [6.07, 6.45) is 0. The van der Waals surface area contributed by atoms with Crippen molar-refractivity contribution in [2.75, 3.05) is 11.9 Å². The molecule has 1 N–H and O–H groups in total. The third kappa shape index (κ3) is 4.68. The van der Waals surface area contributed by atoms with E-state index in [2.05, 4.69) is 5.32 Å². The van der Waals surface area contributed by atoms with E-state index in [4.69, 9.17) is 0 Å². The second kappa shape index (κ2) is 7.62. The molecule has 0 unspecified atom stereocenters. The second-order valence-corrected chi connectivity index (χ2v) is 7.72. The molecule has 0 atom stereocenters. The molecule has 0 aliphatic heterocycles. The van der Waals surface area contributed by atoms with Gasteiger partial charge in [-0.3, -0.25) is 9.59 Å². The highest BCUT2D eigenvalue weighted by molar-refractivity contribution is 7.09. The number of amides is 2.